The van der Waals surface area contributed by atoms with Crippen LogP contribution in [-0.4, -0.2) is 28.0 Å². The highest BCUT2D eigenvalue weighted by molar-refractivity contribution is 5.97. The van der Waals surface area contributed by atoms with Crippen LogP contribution in [0.1, 0.15) is 15.9 Å². The van der Waals surface area contributed by atoms with Gasteiger partial charge in [0.05, 0.1) is 18.4 Å². The van der Waals surface area contributed by atoms with Gasteiger partial charge in [0.15, 0.2) is 11.6 Å². The predicted octanol–water partition coefficient (Wildman–Crippen LogP) is 3.04. The van der Waals surface area contributed by atoms with Gasteiger partial charge in [-0.2, -0.15) is 0 Å². The number of pyridine rings is 1. The summed E-state index contributed by atoms with van der Waals surface area (Å²) >= 11 is 0. The van der Waals surface area contributed by atoms with E-state index >= 15 is 0 Å². The average molecular weight is 350 g/mol. The van der Waals surface area contributed by atoms with Crippen LogP contribution < -0.4 is 16.4 Å². The maximum atomic E-state index is 11.9. The number of anilines is 5. The minimum atomic E-state index is -0.455. The molecule has 0 saturated carbocycles. The Bertz CT molecular complexity index is 944. The fourth-order valence-electron chi connectivity index (χ4n) is 2.33. The minimum Gasteiger partial charge on any atom is -0.465 e. The lowest BCUT2D eigenvalue weighted by Crippen LogP contribution is -2.09. The first kappa shape index (κ1) is 17.2. The van der Waals surface area contributed by atoms with Crippen LogP contribution in [0.3, 0.4) is 0 Å². The molecular weight excluding hydrogens is 332 g/mol. The lowest BCUT2D eigenvalue weighted by atomic mass is 10.2. The van der Waals surface area contributed by atoms with Crippen molar-refractivity contribution in [1.82, 2.24) is 15.0 Å². The number of carbonyl (C=O) groups is 1. The minimum absolute atomic E-state index is 0.303. The van der Waals surface area contributed by atoms with Crippen LogP contribution in [0.15, 0.2) is 48.9 Å². The van der Waals surface area contributed by atoms with Crippen molar-refractivity contribution in [3.8, 4) is 0 Å². The second kappa shape index (κ2) is 7.47. The van der Waals surface area contributed by atoms with Crippen molar-refractivity contribution in [1.29, 1.82) is 0 Å². The van der Waals surface area contributed by atoms with Crippen LogP contribution in [0.5, 0.6) is 0 Å². The summed E-state index contributed by atoms with van der Waals surface area (Å²) in [6, 6.07) is 10.7. The van der Waals surface area contributed by atoms with Crippen LogP contribution >= 0.6 is 0 Å². The van der Waals surface area contributed by atoms with E-state index in [2.05, 4.69) is 25.6 Å². The third-order valence-corrected chi connectivity index (χ3v) is 3.72. The molecule has 132 valence electrons. The highest BCUT2D eigenvalue weighted by atomic mass is 16.5. The van der Waals surface area contributed by atoms with Crippen molar-refractivity contribution >= 4 is 34.8 Å². The molecule has 26 heavy (non-hydrogen) atoms. The first-order chi connectivity index (χ1) is 12.6. The molecule has 2 heterocycles. The summed E-state index contributed by atoms with van der Waals surface area (Å²) in [6.07, 6.45) is 3.05. The summed E-state index contributed by atoms with van der Waals surface area (Å²) in [4.78, 5) is 24.5. The van der Waals surface area contributed by atoms with Gasteiger partial charge in [-0.1, -0.05) is 18.2 Å². The number of esters is 1. The van der Waals surface area contributed by atoms with Crippen LogP contribution in [0.4, 0.5) is 28.8 Å². The van der Waals surface area contributed by atoms with Gasteiger partial charge in [0, 0.05) is 6.20 Å². The predicted molar refractivity (Wildman–Crippen MR) is 99.8 cm³/mol. The van der Waals surface area contributed by atoms with Crippen molar-refractivity contribution in [3.05, 3.63) is 60.0 Å². The summed E-state index contributed by atoms with van der Waals surface area (Å²) in [5.41, 5.74) is 8.36. The number of nitrogens with one attached hydrogen (secondary N) is 2. The number of methoxy groups -OCH3 is 1. The molecule has 8 heteroatoms. The Morgan fingerprint density at radius 1 is 1.00 bits per heavy atom. The van der Waals surface area contributed by atoms with Gasteiger partial charge in [0.25, 0.3) is 0 Å². The Morgan fingerprint density at radius 3 is 2.46 bits per heavy atom. The summed E-state index contributed by atoms with van der Waals surface area (Å²) in [5, 5.41) is 6.16. The third-order valence-electron chi connectivity index (χ3n) is 3.72. The maximum absolute atomic E-state index is 11.9. The highest BCUT2D eigenvalue weighted by Crippen LogP contribution is 2.29. The number of hydrogen-bond acceptors (Lipinski definition) is 8. The number of nitrogens with zero attached hydrogens (tertiary/aromatic N) is 3. The normalized spacial score (nSPS) is 10.2. The van der Waals surface area contributed by atoms with E-state index < -0.39 is 5.97 Å². The van der Waals surface area contributed by atoms with Gasteiger partial charge in [0.2, 0.25) is 0 Å². The molecule has 3 rings (SSSR count). The summed E-state index contributed by atoms with van der Waals surface area (Å²) < 4.78 is 4.80. The molecule has 8 nitrogen and oxygen atoms in total. The number of carbonyl (C=O) groups excluding carboxylic acids is 1. The number of aromatic nitrogens is 3. The molecule has 0 aliphatic heterocycles. The molecule has 1 aromatic carbocycles. The smallest absolute Gasteiger partial charge is 0.339 e. The second-order valence-corrected chi connectivity index (χ2v) is 5.44. The zero-order chi connectivity index (χ0) is 18.5. The Hall–Kier alpha value is -3.68. The number of nitrogens with two attached hydrogens (primary N) is 1. The number of hydrogen-bond donors (Lipinski definition) is 3. The van der Waals surface area contributed by atoms with E-state index in [1.165, 1.54) is 13.4 Å². The Morgan fingerprint density at radius 2 is 1.73 bits per heavy atom. The monoisotopic (exact) mass is 350 g/mol. The van der Waals surface area contributed by atoms with Crippen molar-refractivity contribution < 1.29 is 9.53 Å². The van der Waals surface area contributed by atoms with Crippen LogP contribution in [0.2, 0.25) is 0 Å². The van der Waals surface area contributed by atoms with Gasteiger partial charge in [-0.15, -0.1) is 0 Å². The molecular formula is C18H18N6O2. The van der Waals surface area contributed by atoms with E-state index in [0.717, 1.165) is 5.56 Å². The Balaban J connectivity index is 1.91. The summed E-state index contributed by atoms with van der Waals surface area (Å²) in [7, 11) is 1.33. The van der Waals surface area contributed by atoms with Gasteiger partial charge in [-0.25, -0.2) is 19.7 Å². The standard InChI is InChI=1S/C18H18N6O2/c1-11-6-5-9-20-15(11)24-17-14(19)16(21-10-22-17)23-13-8-4-3-7-12(13)18(25)26-2/h3-10H,19H2,1-2H3,(H2,20,21,22,23,24). The number of benzene rings is 1. The van der Waals surface area contributed by atoms with Crippen molar-refractivity contribution in [3.63, 3.8) is 0 Å². The summed E-state index contributed by atoms with van der Waals surface area (Å²) in [6.45, 7) is 1.93. The molecule has 3 aromatic rings. The average Bonchev–Trinajstić information content (AvgIpc) is 2.66. The van der Waals surface area contributed by atoms with Crippen LogP contribution in [0.25, 0.3) is 0 Å². The molecule has 0 radical (unpaired) electrons. The first-order valence-electron chi connectivity index (χ1n) is 7.83. The van der Waals surface area contributed by atoms with Crippen LogP contribution in [-0.2, 0) is 4.74 Å². The first-order valence-corrected chi connectivity index (χ1v) is 7.83. The molecule has 0 saturated heterocycles. The molecule has 0 unspecified atom stereocenters. The van der Waals surface area contributed by atoms with E-state index in [1.807, 2.05) is 19.1 Å². The number of nitrogen functional groups attached to an aromatic ring is 1. The van der Waals surface area contributed by atoms with E-state index in [9.17, 15) is 4.79 Å². The van der Waals surface area contributed by atoms with E-state index in [-0.39, 0.29) is 0 Å². The van der Waals surface area contributed by atoms with E-state index in [0.29, 0.717) is 34.4 Å². The highest BCUT2D eigenvalue weighted by Gasteiger charge is 2.15. The number of aryl methyl sites for hydroxylation is 1. The molecule has 2 aromatic heterocycles. The third kappa shape index (κ3) is 3.54. The molecule has 0 aliphatic carbocycles. The molecule has 0 aliphatic rings. The number of ether oxygens (including phenoxy) is 1. The molecule has 0 bridgehead atoms. The maximum Gasteiger partial charge on any atom is 0.339 e. The Labute approximate surface area is 150 Å². The molecule has 0 spiro atoms. The summed E-state index contributed by atoms with van der Waals surface area (Å²) in [5.74, 6) is 0.981. The zero-order valence-electron chi connectivity index (χ0n) is 14.4. The molecule has 0 amide bonds. The van der Waals surface area contributed by atoms with Crippen molar-refractivity contribution in [2.45, 2.75) is 6.92 Å². The van der Waals surface area contributed by atoms with Gasteiger partial charge in [0.1, 0.15) is 17.8 Å². The van der Waals surface area contributed by atoms with Gasteiger partial charge >= 0.3 is 5.97 Å². The van der Waals surface area contributed by atoms with Gasteiger partial charge in [-0.3, -0.25) is 0 Å². The largest absolute Gasteiger partial charge is 0.465 e. The molecule has 0 atom stereocenters. The van der Waals surface area contributed by atoms with Gasteiger partial charge in [-0.05, 0) is 30.7 Å². The molecule has 4 N–H and O–H groups in total. The fraction of sp³-hybridized carbons (Fsp3) is 0.111. The quantitative estimate of drug-likeness (QED) is 0.601. The van der Waals surface area contributed by atoms with Crippen LogP contribution in [0, 0.1) is 6.92 Å². The SMILES string of the molecule is COC(=O)c1ccccc1Nc1ncnc(Nc2ncccc2C)c1N. The lowest BCUT2D eigenvalue weighted by Gasteiger charge is -2.14. The van der Waals surface area contributed by atoms with E-state index in [1.54, 1.807) is 30.5 Å². The molecule has 0 fully saturated rings. The fourth-order valence-corrected chi connectivity index (χ4v) is 2.33. The van der Waals surface area contributed by atoms with E-state index in [4.69, 9.17) is 10.5 Å². The topological polar surface area (TPSA) is 115 Å². The Kier molecular flexibility index (Phi) is 4.93. The van der Waals surface area contributed by atoms with Crippen molar-refractivity contribution in [2.75, 3.05) is 23.5 Å². The second-order valence-electron chi connectivity index (χ2n) is 5.44. The number of rotatable bonds is 5. The lowest BCUT2D eigenvalue weighted by molar-refractivity contribution is 0.0602. The van der Waals surface area contributed by atoms with Crippen molar-refractivity contribution in [2.24, 2.45) is 0 Å². The zero-order valence-corrected chi connectivity index (χ0v) is 14.4. The number of para-hydroxylation sites is 1. The van der Waals surface area contributed by atoms with Gasteiger partial charge < -0.3 is 21.1 Å².